The Morgan fingerprint density at radius 2 is 1.69 bits per heavy atom. The molecule has 0 unspecified atom stereocenters. The fourth-order valence-electron chi connectivity index (χ4n) is 4.34. The van der Waals surface area contributed by atoms with Crippen LogP contribution < -0.4 is 0 Å². The van der Waals surface area contributed by atoms with Crippen LogP contribution in [-0.2, 0) is 21.2 Å². The summed E-state index contributed by atoms with van der Waals surface area (Å²) < 4.78 is 32.9. The molecule has 0 aromatic heterocycles. The first kappa shape index (κ1) is 24.9. The molecule has 1 fully saturated rings. The molecule has 0 bridgehead atoms. The number of hydrogen-bond donors (Lipinski definition) is 0. The summed E-state index contributed by atoms with van der Waals surface area (Å²) >= 11 is 0. The first-order valence-electron chi connectivity index (χ1n) is 11.7. The highest BCUT2D eigenvalue weighted by Gasteiger charge is 2.25. The third kappa shape index (κ3) is 6.41. The molecule has 2 aromatic carbocycles. The lowest BCUT2D eigenvalue weighted by molar-refractivity contribution is 0.175. The number of sulfonamides is 1. The van der Waals surface area contributed by atoms with Gasteiger partial charge in [-0.15, -0.1) is 0 Å². The second-order valence-electron chi connectivity index (χ2n) is 9.25. The van der Waals surface area contributed by atoms with Crippen LogP contribution in [0.5, 0.6) is 0 Å². The van der Waals surface area contributed by atoms with Crippen molar-refractivity contribution in [3.8, 4) is 11.1 Å². The number of likely N-dealkylation sites (tertiary alicyclic amines) is 1. The Morgan fingerprint density at radius 3 is 2.22 bits per heavy atom. The Hall–Kier alpha value is -1.73. The molecule has 2 aromatic rings. The van der Waals surface area contributed by atoms with E-state index in [1.165, 1.54) is 29.3 Å². The Labute approximate surface area is 194 Å². The molecule has 6 heteroatoms. The van der Waals surface area contributed by atoms with Crippen LogP contribution in [0.25, 0.3) is 11.1 Å². The van der Waals surface area contributed by atoms with E-state index < -0.39 is 10.0 Å². The highest BCUT2D eigenvalue weighted by molar-refractivity contribution is 7.89. The number of nitrogens with zero attached hydrogens (tertiary/aromatic N) is 2. The molecular weight excluding hydrogens is 420 g/mol. The maximum absolute atomic E-state index is 13.1. The first-order chi connectivity index (χ1) is 15.3. The Bertz CT molecular complexity index is 940. The van der Waals surface area contributed by atoms with Crippen LogP contribution in [0.1, 0.15) is 39.2 Å². The van der Waals surface area contributed by atoms with E-state index in [1.54, 1.807) is 19.2 Å². The van der Waals surface area contributed by atoms with Gasteiger partial charge in [0.15, 0.2) is 0 Å². The summed E-state index contributed by atoms with van der Waals surface area (Å²) in [4.78, 5) is 2.90. The van der Waals surface area contributed by atoms with Gasteiger partial charge in [0.05, 0.1) is 11.5 Å². The van der Waals surface area contributed by atoms with Crippen molar-refractivity contribution in [2.24, 2.45) is 5.92 Å². The Morgan fingerprint density at radius 1 is 1.06 bits per heavy atom. The fraction of sp³-hybridized carbons (Fsp3) is 0.538. The lowest BCUT2D eigenvalue weighted by atomic mass is 10.0. The zero-order chi connectivity index (χ0) is 23.1. The molecule has 5 nitrogen and oxygen atoms in total. The summed E-state index contributed by atoms with van der Waals surface area (Å²) in [5.74, 6) is 0.244. The molecule has 0 radical (unpaired) electrons. The van der Waals surface area contributed by atoms with Gasteiger partial charge in [-0.2, -0.15) is 4.31 Å². The normalized spacial score (nSPS) is 17.5. The maximum atomic E-state index is 13.1. The molecule has 3 rings (SSSR count). The van der Waals surface area contributed by atoms with E-state index in [2.05, 4.69) is 36.1 Å². The third-order valence-corrected chi connectivity index (χ3v) is 8.15. The molecule has 176 valence electrons. The van der Waals surface area contributed by atoms with Crippen molar-refractivity contribution < 1.29 is 13.2 Å². The minimum atomic E-state index is -3.55. The van der Waals surface area contributed by atoms with Crippen molar-refractivity contribution in [1.82, 2.24) is 9.21 Å². The molecule has 0 aliphatic carbocycles. The molecule has 1 atom stereocenters. The molecular formula is C26H38N2O3S. The predicted molar refractivity (Wildman–Crippen MR) is 131 cm³/mol. The highest BCUT2D eigenvalue weighted by atomic mass is 32.2. The Balaban J connectivity index is 1.67. The van der Waals surface area contributed by atoms with E-state index in [9.17, 15) is 8.42 Å². The average Bonchev–Trinajstić information content (AvgIpc) is 3.20. The Kier molecular flexibility index (Phi) is 8.88. The summed E-state index contributed by atoms with van der Waals surface area (Å²) in [6.07, 6.45) is 3.69. The van der Waals surface area contributed by atoms with Crippen LogP contribution in [0.4, 0.5) is 0 Å². The van der Waals surface area contributed by atoms with Crippen molar-refractivity contribution in [1.29, 1.82) is 0 Å². The van der Waals surface area contributed by atoms with E-state index in [0.29, 0.717) is 30.6 Å². The number of methoxy groups -OCH3 is 1. The summed E-state index contributed by atoms with van der Waals surface area (Å²) in [6, 6.07) is 16.6. The van der Waals surface area contributed by atoms with E-state index in [1.807, 2.05) is 26.0 Å². The third-order valence-electron chi connectivity index (χ3n) is 6.27. The standard InChI is InChI=1S/C26H38N2O3S/c1-21(2)20-28(18-19-31-4)32(29,30)26-13-11-25(12-14-26)24-9-7-23(8-10-24)15-17-27-16-5-6-22(27)3/h7-14,21-22H,5-6,15-20H2,1-4H3/t22-/m1/s1. The van der Waals surface area contributed by atoms with Gasteiger partial charge in [-0.3, -0.25) is 0 Å². The van der Waals surface area contributed by atoms with Gasteiger partial charge >= 0.3 is 0 Å². The molecule has 1 aliphatic heterocycles. The number of benzene rings is 2. The summed E-state index contributed by atoms with van der Waals surface area (Å²) in [7, 11) is -1.96. The minimum absolute atomic E-state index is 0.244. The zero-order valence-corrected chi connectivity index (χ0v) is 20.8. The quantitative estimate of drug-likeness (QED) is 0.491. The molecule has 32 heavy (non-hydrogen) atoms. The summed E-state index contributed by atoms with van der Waals surface area (Å²) in [5, 5.41) is 0. The summed E-state index contributed by atoms with van der Waals surface area (Å²) in [6.45, 7) is 9.91. The van der Waals surface area contributed by atoms with Crippen molar-refractivity contribution in [3.63, 3.8) is 0 Å². The van der Waals surface area contributed by atoms with Crippen molar-refractivity contribution >= 4 is 10.0 Å². The molecule has 1 saturated heterocycles. The highest BCUT2D eigenvalue weighted by Crippen LogP contribution is 2.24. The van der Waals surface area contributed by atoms with Crippen LogP contribution in [0.15, 0.2) is 53.4 Å². The molecule has 1 heterocycles. The molecule has 0 saturated carbocycles. The molecule has 0 amide bonds. The maximum Gasteiger partial charge on any atom is 0.243 e. The minimum Gasteiger partial charge on any atom is -0.383 e. The van der Waals surface area contributed by atoms with Crippen LogP contribution >= 0.6 is 0 Å². The van der Waals surface area contributed by atoms with E-state index >= 15 is 0 Å². The monoisotopic (exact) mass is 458 g/mol. The van der Waals surface area contributed by atoms with Crippen LogP contribution in [-0.4, -0.2) is 63.6 Å². The summed E-state index contributed by atoms with van der Waals surface area (Å²) in [5.41, 5.74) is 3.47. The van der Waals surface area contributed by atoms with Gasteiger partial charge in [0, 0.05) is 32.8 Å². The second kappa shape index (κ2) is 11.4. The SMILES string of the molecule is COCCN(CC(C)C)S(=O)(=O)c1ccc(-c2ccc(CCN3CCC[C@H]3C)cc2)cc1. The first-order valence-corrected chi connectivity index (χ1v) is 13.2. The smallest absolute Gasteiger partial charge is 0.243 e. The fourth-order valence-corrected chi connectivity index (χ4v) is 5.93. The molecule has 1 aliphatic rings. The van der Waals surface area contributed by atoms with Crippen LogP contribution in [0.3, 0.4) is 0 Å². The lowest BCUT2D eigenvalue weighted by Crippen LogP contribution is -2.36. The average molecular weight is 459 g/mol. The van der Waals surface area contributed by atoms with E-state index in [4.69, 9.17) is 4.74 Å². The molecule has 0 spiro atoms. The van der Waals surface area contributed by atoms with Crippen molar-refractivity contribution in [3.05, 3.63) is 54.1 Å². The largest absolute Gasteiger partial charge is 0.383 e. The zero-order valence-electron chi connectivity index (χ0n) is 20.0. The topological polar surface area (TPSA) is 49.9 Å². The lowest BCUT2D eigenvalue weighted by Gasteiger charge is -2.23. The number of rotatable bonds is 11. The molecule has 0 N–H and O–H groups in total. The van der Waals surface area contributed by atoms with Gasteiger partial charge < -0.3 is 9.64 Å². The van der Waals surface area contributed by atoms with Gasteiger partial charge in [-0.1, -0.05) is 50.2 Å². The van der Waals surface area contributed by atoms with Crippen LogP contribution in [0, 0.1) is 5.92 Å². The number of hydrogen-bond acceptors (Lipinski definition) is 4. The second-order valence-corrected chi connectivity index (χ2v) is 11.2. The van der Waals surface area contributed by atoms with Gasteiger partial charge in [0.1, 0.15) is 0 Å². The van der Waals surface area contributed by atoms with Gasteiger partial charge in [-0.25, -0.2) is 8.42 Å². The van der Waals surface area contributed by atoms with E-state index in [0.717, 1.165) is 24.1 Å². The van der Waals surface area contributed by atoms with Gasteiger partial charge in [0.2, 0.25) is 10.0 Å². The number of ether oxygens (including phenoxy) is 1. The van der Waals surface area contributed by atoms with Crippen molar-refractivity contribution in [2.75, 3.05) is 39.9 Å². The predicted octanol–water partition coefficient (Wildman–Crippen LogP) is 4.67. The van der Waals surface area contributed by atoms with Gasteiger partial charge in [0.25, 0.3) is 0 Å². The van der Waals surface area contributed by atoms with E-state index in [-0.39, 0.29) is 5.92 Å². The van der Waals surface area contributed by atoms with Crippen molar-refractivity contribution in [2.45, 2.75) is 51.0 Å². The van der Waals surface area contributed by atoms with Gasteiger partial charge in [-0.05, 0) is 67.5 Å². The van der Waals surface area contributed by atoms with Crippen LogP contribution in [0.2, 0.25) is 0 Å².